The molecule has 3 aromatic rings. The number of amides is 3. The normalized spacial score (nSPS) is 11.8. The summed E-state index contributed by atoms with van der Waals surface area (Å²) in [5, 5.41) is 2.59. The Hall–Kier alpha value is -4.74. The summed E-state index contributed by atoms with van der Waals surface area (Å²) in [6, 6.07) is 3.11. The van der Waals surface area contributed by atoms with Crippen LogP contribution in [-0.4, -0.2) is 81.5 Å². The first-order valence-electron chi connectivity index (χ1n) is 12.7. The molecule has 212 valence electrons. The van der Waals surface area contributed by atoms with Crippen LogP contribution in [0.4, 0.5) is 10.5 Å². The van der Waals surface area contributed by atoms with Gasteiger partial charge in [-0.2, -0.15) is 0 Å². The van der Waals surface area contributed by atoms with Crippen LogP contribution < -0.4 is 10.9 Å². The van der Waals surface area contributed by atoms with E-state index in [0.717, 1.165) is 22.2 Å². The molecule has 0 spiro atoms. The van der Waals surface area contributed by atoms with E-state index in [2.05, 4.69) is 20.3 Å². The number of imidazole rings is 1. The first kappa shape index (κ1) is 29.8. The average molecular weight is 550 g/mol. The highest BCUT2D eigenvalue weighted by Gasteiger charge is 2.24. The number of carbonyl (C=O) groups is 3. The average Bonchev–Trinajstić information content (AvgIpc) is 3.31. The van der Waals surface area contributed by atoms with E-state index in [-0.39, 0.29) is 24.6 Å². The quantitative estimate of drug-likeness (QED) is 0.370. The molecule has 0 radical (unpaired) electrons. The van der Waals surface area contributed by atoms with Gasteiger partial charge in [-0.25, -0.2) is 9.78 Å². The number of nitrogens with one attached hydrogen (secondary N) is 2. The van der Waals surface area contributed by atoms with Crippen molar-refractivity contribution >= 4 is 40.7 Å². The minimum Gasteiger partial charge on any atom is -0.436 e. The fourth-order valence-electron chi connectivity index (χ4n) is 3.68. The Morgan fingerprint density at radius 1 is 1.15 bits per heavy atom. The molecule has 12 nitrogen and oxygen atoms in total. The molecule has 1 atom stereocenters. The van der Waals surface area contributed by atoms with Gasteiger partial charge in [0.25, 0.3) is 11.5 Å². The van der Waals surface area contributed by atoms with Crippen molar-refractivity contribution in [3.8, 4) is 0 Å². The molecule has 0 fully saturated rings. The number of ether oxygens (including phenoxy) is 1. The molecule has 3 heterocycles. The number of H-pyrrole nitrogens is 1. The van der Waals surface area contributed by atoms with Crippen LogP contribution in [0.25, 0.3) is 17.1 Å². The fraction of sp³-hybridized carbons (Fsp3) is 0.357. The molecule has 0 aliphatic heterocycles. The van der Waals surface area contributed by atoms with Crippen molar-refractivity contribution in [3.63, 3.8) is 0 Å². The molecule has 12 heteroatoms. The largest absolute Gasteiger partial charge is 0.436 e. The molecule has 3 amide bonds. The summed E-state index contributed by atoms with van der Waals surface area (Å²) in [6.07, 6.45) is 8.50. The van der Waals surface area contributed by atoms with Gasteiger partial charge in [0, 0.05) is 46.1 Å². The van der Waals surface area contributed by atoms with Gasteiger partial charge in [0.15, 0.2) is 6.10 Å². The zero-order chi connectivity index (χ0) is 29.4. The van der Waals surface area contributed by atoms with Crippen LogP contribution in [0.2, 0.25) is 0 Å². The maximum absolute atomic E-state index is 13.2. The second kappa shape index (κ2) is 13.4. The molecule has 2 N–H and O–H groups in total. The van der Waals surface area contributed by atoms with Gasteiger partial charge < -0.3 is 29.4 Å². The van der Waals surface area contributed by atoms with Crippen LogP contribution in [0.3, 0.4) is 0 Å². The summed E-state index contributed by atoms with van der Waals surface area (Å²) in [5.74, 6) is -0.308. The first-order valence-corrected chi connectivity index (χ1v) is 12.7. The lowest BCUT2D eigenvalue weighted by molar-refractivity contribution is -0.125. The number of rotatable bonds is 10. The molecular formula is C28H35N7O5. The van der Waals surface area contributed by atoms with E-state index >= 15 is 0 Å². The maximum atomic E-state index is 13.2. The summed E-state index contributed by atoms with van der Waals surface area (Å²) in [4.78, 5) is 64.9. The molecule has 3 aromatic heterocycles. The number of hydrogen-bond acceptors (Lipinski definition) is 7. The smallest absolute Gasteiger partial charge is 0.410 e. The van der Waals surface area contributed by atoms with Gasteiger partial charge in [-0.1, -0.05) is 17.7 Å². The topological polar surface area (TPSA) is 143 Å². The standard InChI is InChI=1S/C28H35N7O5/c1-18(2)14-19-15-29-16-21-25(19)32-23(30-21)17-35-13-9-10-20(27(35)38)31-26(37)22(40-28(39)34(5)6)11-7-8-12-24(36)33(3)4/h8-10,12-16,22H,7,11,17H2,1-6H3,(H,30,32)(H,31,37)/b12-8+/t22-/m0/s1. The number of fused-ring (bicyclic) bond motifs is 1. The van der Waals surface area contributed by atoms with E-state index in [1.165, 1.54) is 40.6 Å². The molecular weight excluding hydrogens is 514 g/mol. The highest BCUT2D eigenvalue weighted by Crippen LogP contribution is 2.18. The number of likely N-dealkylation sites (N-methyl/N-ethyl adjacent to an activating group) is 1. The third-order valence-corrected chi connectivity index (χ3v) is 5.71. The van der Waals surface area contributed by atoms with Crippen molar-refractivity contribution in [1.29, 1.82) is 0 Å². The summed E-state index contributed by atoms with van der Waals surface area (Å²) >= 11 is 0. The van der Waals surface area contributed by atoms with Crippen LogP contribution in [-0.2, 0) is 20.9 Å². The van der Waals surface area contributed by atoms with Crippen molar-refractivity contribution in [3.05, 3.63) is 70.2 Å². The maximum Gasteiger partial charge on any atom is 0.410 e. The lowest BCUT2D eigenvalue weighted by atomic mass is 10.1. The number of hydrogen-bond donors (Lipinski definition) is 2. The minimum atomic E-state index is -1.18. The molecule has 0 saturated heterocycles. The number of carbonyl (C=O) groups excluding carboxylic acids is 3. The van der Waals surface area contributed by atoms with Crippen molar-refractivity contribution in [2.24, 2.45) is 0 Å². The van der Waals surface area contributed by atoms with Gasteiger partial charge in [0.2, 0.25) is 5.91 Å². The van der Waals surface area contributed by atoms with Crippen LogP contribution in [0.1, 0.15) is 38.1 Å². The van der Waals surface area contributed by atoms with Gasteiger partial charge in [-0.3, -0.25) is 19.4 Å². The van der Waals surface area contributed by atoms with E-state index in [0.29, 0.717) is 12.2 Å². The van der Waals surface area contributed by atoms with Crippen LogP contribution >= 0.6 is 0 Å². The third-order valence-electron chi connectivity index (χ3n) is 5.71. The fourth-order valence-corrected chi connectivity index (χ4v) is 3.68. The SMILES string of the molecule is CC(C)=Cc1cncc2[nH]c(Cn3cccc(NC(=O)[C@H](CC/C=C/C(=O)N(C)C)OC(=O)N(C)C)c3=O)nc12. The Balaban J connectivity index is 1.78. The Labute approximate surface area is 232 Å². The second-order valence-corrected chi connectivity index (χ2v) is 9.85. The van der Waals surface area contributed by atoms with Crippen LogP contribution in [0.15, 0.2) is 53.2 Å². The summed E-state index contributed by atoms with van der Waals surface area (Å²) < 4.78 is 6.76. The van der Waals surface area contributed by atoms with Gasteiger partial charge in [0.05, 0.1) is 23.8 Å². The Morgan fingerprint density at radius 2 is 1.90 bits per heavy atom. The highest BCUT2D eigenvalue weighted by atomic mass is 16.6. The van der Waals surface area contributed by atoms with Gasteiger partial charge in [0.1, 0.15) is 11.5 Å². The molecule has 0 aromatic carbocycles. The predicted octanol–water partition coefficient (Wildman–Crippen LogP) is 3.02. The summed E-state index contributed by atoms with van der Waals surface area (Å²) in [5.41, 5.74) is 3.04. The first-order chi connectivity index (χ1) is 19.0. The van der Waals surface area contributed by atoms with Crippen molar-refractivity contribution in [1.82, 2.24) is 29.3 Å². The van der Waals surface area contributed by atoms with Gasteiger partial charge >= 0.3 is 6.09 Å². The third kappa shape index (κ3) is 7.88. The predicted molar refractivity (Wildman–Crippen MR) is 153 cm³/mol. The molecule has 3 rings (SSSR count). The van der Waals surface area contributed by atoms with Gasteiger partial charge in [-0.05, 0) is 44.9 Å². The van der Waals surface area contributed by atoms with E-state index < -0.39 is 23.7 Å². The van der Waals surface area contributed by atoms with Crippen LogP contribution in [0, 0.1) is 0 Å². The lowest BCUT2D eigenvalue weighted by Gasteiger charge is -2.19. The Kier molecular flexibility index (Phi) is 9.96. The molecule has 0 saturated carbocycles. The molecule has 0 unspecified atom stereocenters. The van der Waals surface area contributed by atoms with E-state index in [1.54, 1.807) is 44.8 Å². The zero-order valence-electron chi connectivity index (χ0n) is 23.6. The number of allylic oxidation sites excluding steroid dienone is 2. The number of pyridine rings is 2. The van der Waals surface area contributed by atoms with Crippen molar-refractivity contribution in [2.45, 2.75) is 39.3 Å². The number of nitrogens with zero attached hydrogens (tertiary/aromatic N) is 5. The van der Waals surface area contributed by atoms with E-state index in [4.69, 9.17) is 4.74 Å². The lowest BCUT2D eigenvalue weighted by Crippen LogP contribution is -2.37. The highest BCUT2D eigenvalue weighted by molar-refractivity contribution is 5.95. The van der Waals surface area contributed by atoms with Crippen molar-refractivity contribution < 1.29 is 19.1 Å². The zero-order valence-corrected chi connectivity index (χ0v) is 23.6. The summed E-state index contributed by atoms with van der Waals surface area (Å²) in [6.45, 7) is 4.11. The molecule has 0 bridgehead atoms. The number of aromatic nitrogens is 4. The second-order valence-electron chi connectivity index (χ2n) is 9.85. The van der Waals surface area contributed by atoms with E-state index in [9.17, 15) is 19.2 Å². The monoisotopic (exact) mass is 549 g/mol. The van der Waals surface area contributed by atoms with Gasteiger partial charge in [-0.15, -0.1) is 0 Å². The minimum absolute atomic E-state index is 0.0275. The Bertz CT molecular complexity index is 1500. The molecule has 0 aliphatic carbocycles. The van der Waals surface area contributed by atoms with Crippen LogP contribution in [0.5, 0.6) is 0 Å². The van der Waals surface area contributed by atoms with E-state index in [1.807, 2.05) is 19.9 Å². The summed E-state index contributed by atoms with van der Waals surface area (Å²) in [7, 11) is 6.25. The number of anilines is 1. The molecule has 40 heavy (non-hydrogen) atoms. The molecule has 0 aliphatic rings. The number of aromatic amines is 1. The Morgan fingerprint density at radius 3 is 2.58 bits per heavy atom. The van der Waals surface area contributed by atoms with Crippen molar-refractivity contribution in [2.75, 3.05) is 33.5 Å².